The van der Waals surface area contributed by atoms with Gasteiger partial charge in [0.2, 0.25) is 11.8 Å². The van der Waals surface area contributed by atoms with Gasteiger partial charge in [0.1, 0.15) is 6.04 Å². The molecule has 98 valence electrons. The van der Waals surface area contributed by atoms with Crippen molar-refractivity contribution in [2.24, 2.45) is 23.3 Å². The van der Waals surface area contributed by atoms with Gasteiger partial charge in [-0.1, -0.05) is 20.3 Å². The van der Waals surface area contributed by atoms with Crippen LogP contribution in [0.2, 0.25) is 0 Å². The average Bonchev–Trinajstić information content (AvgIpc) is 2.24. The maximum absolute atomic E-state index is 12.0. The van der Waals surface area contributed by atoms with E-state index in [1.165, 1.54) is 0 Å². The standard InChI is InChI=1S/C12H23N3O2/c1-7(2)10(11(14)16)15-12(17)8-4-3-5-9(13)6-8/h7-10H,3-6,13H2,1-2H3,(H2,14,16)(H,15,17). The van der Waals surface area contributed by atoms with E-state index >= 15 is 0 Å². The fraction of sp³-hybridized carbons (Fsp3) is 0.833. The molecular weight excluding hydrogens is 218 g/mol. The van der Waals surface area contributed by atoms with Crippen molar-refractivity contribution in [3.05, 3.63) is 0 Å². The Morgan fingerprint density at radius 1 is 1.29 bits per heavy atom. The zero-order valence-corrected chi connectivity index (χ0v) is 10.6. The van der Waals surface area contributed by atoms with Crippen molar-refractivity contribution >= 4 is 11.8 Å². The van der Waals surface area contributed by atoms with Gasteiger partial charge in [0.15, 0.2) is 0 Å². The molecule has 0 bridgehead atoms. The SMILES string of the molecule is CC(C)C(NC(=O)C1CCCC(N)C1)C(N)=O. The van der Waals surface area contributed by atoms with Gasteiger partial charge in [-0.15, -0.1) is 0 Å². The fourth-order valence-electron chi connectivity index (χ4n) is 2.30. The van der Waals surface area contributed by atoms with E-state index in [0.29, 0.717) is 6.42 Å². The van der Waals surface area contributed by atoms with Crippen LogP contribution in [0.25, 0.3) is 0 Å². The Kier molecular flexibility index (Phi) is 4.93. The van der Waals surface area contributed by atoms with E-state index in [4.69, 9.17) is 11.5 Å². The summed E-state index contributed by atoms with van der Waals surface area (Å²) in [5.74, 6) is -0.626. The summed E-state index contributed by atoms with van der Waals surface area (Å²) in [6.45, 7) is 3.73. The van der Waals surface area contributed by atoms with Crippen molar-refractivity contribution in [3.63, 3.8) is 0 Å². The molecule has 0 aromatic carbocycles. The van der Waals surface area contributed by atoms with Gasteiger partial charge in [-0.25, -0.2) is 0 Å². The van der Waals surface area contributed by atoms with Crippen molar-refractivity contribution in [1.29, 1.82) is 0 Å². The fourth-order valence-corrected chi connectivity index (χ4v) is 2.30. The molecule has 0 aliphatic heterocycles. The number of amides is 2. The molecule has 5 heteroatoms. The van der Waals surface area contributed by atoms with E-state index in [-0.39, 0.29) is 23.8 Å². The molecule has 3 unspecified atom stereocenters. The zero-order valence-electron chi connectivity index (χ0n) is 10.6. The lowest BCUT2D eigenvalue weighted by molar-refractivity contribution is -0.131. The molecule has 0 radical (unpaired) electrons. The molecular formula is C12H23N3O2. The summed E-state index contributed by atoms with van der Waals surface area (Å²) in [7, 11) is 0. The number of nitrogens with two attached hydrogens (primary N) is 2. The maximum atomic E-state index is 12.0. The zero-order chi connectivity index (χ0) is 13.0. The lowest BCUT2D eigenvalue weighted by Crippen LogP contribution is -2.50. The van der Waals surface area contributed by atoms with Crippen LogP contribution in [-0.4, -0.2) is 23.9 Å². The quantitative estimate of drug-likeness (QED) is 0.652. The predicted molar refractivity (Wildman–Crippen MR) is 65.9 cm³/mol. The Morgan fingerprint density at radius 2 is 1.94 bits per heavy atom. The highest BCUT2D eigenvalue weighted by Gasteiger charge is 2.29. The molecule has 3 atom stereocenters. The van der Waals surface area contributed by atoms with Crippen LogP contribution in [0.4, 0.5) is 0 Å². The van der Waals surface area contributed by atoms with Crippen molar-refractivity contribution in [2.75, 3.05) is 0 Å². The summed E-state index contributed by atoms with van der Waals surface area (Å²) >= 11 is 0. The van der Waals surface area contributed by atoms with E-state index in [1.807, 2.05) is 13.8 Å². The summed E-state index contributed by atoms with van der Waals surface area (Å²) in [5.41, 5.74) is 11.1. The normalized spacial score (nSPS) is 26.6. The van der Waals surface area contributed by atoms with Crippen LogP contribution in [0.3, 0.4) is 0 Å². The molecule has 5 N–H and O–H groups in total. The van der Waals surface area contributed by atoms with E-state index in [2.05, 4.69) is 5.32 Å². The summed E-state index contributed by atoms with van der Waals surface area (Å²) in [6.07, 6.45) is 3.51. The summed E-state index contributed by atoms with van der Waals surface area (Å²) < 4.78 is 0. The number of rotatable bonds is 4. The van der Waals surface area contributed by atoms with Crippen molar-refractivity contribution in [1.82, 2.24) is 5.32 Å². The smallest absolute Gasteiger partial charge is 0.240 e. The Hall–Kier alpha value is -1.10. The van der Waals surface area contributed by atoms with Gasteiger partial charge in [-0.05, 0) is 25.2 Å². The van der Waals surface area contributed by atoms with Gasteiger partial charge in [0.25, 0.3) is 0 Å². The first-order chi connectivity index (χ1) is 7.91. The van der Waals surface area contributed by atoms with Crippen LogP contribution >= 0.6 is 0 Å². The number of nitrogens with one attached hydrogen (secondary N) is 1. The van der Waals surface area contributed by atoms with E-state index in [1.54, 1.807) is 0 Å². The summed E-state index contributed by atoms with van der Waals surface area (Å²) in [5, 5.41) is 2.74. The van der Waals surface area contributed by atoms with Crippen LogP contribution in [0, 0.1) is 11.8 Å². The third-order valence-corrected chi connectivity index (χ3v) is 3.36. The van der Waals surface area contributed by atoms with Crippen molar-refractivity contribution < 1.29 is 9.59 Å². The Morgan fingerprint density at radius 3 is 2.41 bits per heavy atom. The predicted octanol–water partition coefficient (Wildman–Crippen LogP) is 0.130. The number of carbonyl (C=O) groups is 2. The van der Waals surface area contributed by atoms with Gasteiger partial charge in [0.05, 0.1) is 0 Å². The molecule has 0 aromatic rings. The van der Waals surface area contributed by atoms with Crippen LogP contribution in [0.15, 0.2) is 0 Å². The third-order valence-electron chi connectivity index (χ3n) is 3.36. The minimum atomic E-state index is -0.583. The largest absolute Gasteiger partial charge is 0.368 e. The van der Waals surface area contributed by atoms with E-state index in [9.17, 15) is 9.59 Å². The highest BCUT2D eigenvalue weighted by atomic mass is 16.2. The summed E-state index contributed by atoms with van der Waals surface area (Å²) in [6, 6.07) is -0.480. The molecule has 1 aliphatic rings. The molecule has 1 saturated carbocycles. The first-order valence-electron chi connectivity index (χ1n) is 6.27. The second-order valence-electron chi connectivity index (χ2n) is 5.26. The van der Waals surface area contributed by atoms with Gasteiger partial charge >= 0.3 is 0 Å². The minimum Gasteiger partial charge on any atom is -0.368 e. The molecule has 0 spiro atoms. The Balaban J connectivity index is 2.54. The van der Waals surface area contributed by atoms with Crippen LogP contribution in [-0.2, 0) is 9.59 Å². The van der Waals surface area contributed by atoms with Gasteiger partial charge in [-0.3, -0.25) is 9.59 Å². The highest BCUT2D eigenvalue weighted by molar-refractivity contribution is 5.87. The van der Waals surface area contributed by atoms with Crippen LogP contribution < -0.4 is 16.8 Å². The topological polar surface area (TPSA) is 98.2 Å². The molecule has 1 fully saturated rings. The number of carbonyl (C=O) groups excluding carboxylic acids is 2. The molecule has 0 saturated heterocycles. The monoisotopic (exact) mass is 241 g/mol. The number of hydrogen-bond acceptors (Lipinski definition) is 3. The molecule has 1 rings (SSSR count). The van der Waals surface area contributed by atoms with Gasteiger partial charge < -0.3 is 16.8 Å². The second kappa shape index (κ2) is 6.00. The lowest BCUT2D eigenvalue weighted by atomic mass is 9.85. The Labute approximate surface area is 102 Å². The molecule has 5 nitrogen and oxygen atoms in total. The van der Waals surface area contributed by atoms with Crippen molar-refractivity contribution in [3.8, 4) is 0 Å². The van der Waals surface area contributed by atoms with E-state index < -0.39 is 11.9 Å². The molecule has 0 aromatic heterocycles. The first kappa shape index (κ1) is 14.0. The molecule has 0 heterocycles. The minimum absolute atomic E-state index is 0.00807. The van der Waals surface area contributed by atoms with E-state index in [0.717, 1.165) is 19.3 Å². The first-order valence-corrected chi connectivity index (χ1v) is 6.27. The number of primary amides is 1. The van der Waals surface area contributed by atoms with Crippen LogP contribution in [0.5, 0.6) is 0 Å². The summed E-state index contributed by atoms with van der Waals surface area (Å²) in [4.78, 5) is 23.2. The second-order valence-corrected chi connectivity index (χ2v) is 5.26. The van der Waals surface area contributed by atoms with Gasteiger partial charge in [0, 0.05) is 12.0 Å². The maximum Gasteiger partial charge on any atom is 0.240 e. The molecule has 1 aliphatic carbocycles. The lowest BCUT2D eigenvalue weighted by Gasteiger charge is -2.28. The highest BCUT2D eigenvalue weighted by Crippen LogP contribution is 2.23. The average molecular weight is 241 g/mol. The van der Waals surface area contributed by atoms with Gasteiger partial charge in [-0.2, -0.15) is 0 Å². The molecule has 17 heavy (non-hydrogen) atoms. The van der Waals surface area contributed by atoms with Crippen LogP contribution in [0.1, 0.15) is 39.5 Å². The third kappa shape index (κ3) is 4.00. The number of hydrogen-bond donors (Lipinski definition) is 3. The Bertz CT molecular complexity index is 291. The molecule has 2 amide bonds. The van der Waals surface area contributed by atoms with Crippen molar-refractivity contribution in [2.45, 2.75) is 51.6 Å².